The summed E-state index contributed by atoms with van der Waals surface area (Å²) < 4.78 is 5.03. The van der Waals surface area contributed by atoms with E-state index in [1.54, 1.807) is 38.3 Å². The molecule has 0 aliphatic heterocycles. The van der Waals surface area contributed by atoms with E-state index in [0.29, 0.717) is 5.69 Å². The third kappa shape index (κ3) is 4.79. The lowest BCUT2D eigenvalue weighted by Crippen LogP contribution is -2.45. The molecule has 106 valence electrons. The Balaban J connectivity index is 2.47. The van der Waals surface area contributed by atoms with Crippen molar-refractivity contribution in [1.82, 2.24) is 5.32 Å². The van der Waals surface area contributed by atoms with Crippen LogP contribution in [0.3, 0.4) is 0 Å². The Morgan fingerprint density at radius 2 is 1.95 bits per heavy atom. The van der Waals surface area contributed by atoms with Gasteiger partial charge in [-0.25, -0.2) is 4.79 Å². The minimum absolute atomic E-state index is 0.0637. The summed E-state index contributed by atoms with van der Waals surface area (Å²) in [5.74, 6) is 0.794. The second kappa shape index (κ2) is 6.43. The maximum atomic E-state index is 11.7. The van der Waals surface area contributed by atoms with E-state index in [1.165, 1.54) is 0 Å². The summed E-state index contributed by atoms with van der Waals surface area (Å²) in [6.07, 6.45) is 0. The zero-order valence-electron chi connectivity index (χ0n) is 11.9. The molecule has 0 saturated heterocycles. The molecular weight excluding hydrogens is 244 g/mol. The van der Waals surface area contributed by atoms with Crippen LogP contribution in [0.2, 0.25) is 0 Å². The van der Waals surface area contributed by atoms with Gasteiger partial charge in [0.05, 0.1) is 12.7 Å². The normalized spacial score (nSPS) is 13.8. The quantitative estimate of drug-likeness (QED) is 0.765. The minimum atomic E-state index is -0.919. The van der Waals surface area contributed by atoms with Crippen LogP contribution in [0.25, 0.3) is 0 Å². The Kier molecular flexibility index (Phi) is 5.18. The van der Waals surface area contributed by atoms with Gasteiger partial charge >= 0.3 is 6.03 Å². The second-order valence-corrected chi connectivity index (χ2v) is 5.05. The van der Waals surface area contributed by atoms with Crippen molar-refractivity contribution in [3.8, 4) is 5.75 Å². The molecule has 5 nitrogen and oxygen atoms in total. The molecule has 1 aromatic carbocycles. The predicted octanol–water partition coefficient (Wildman–Crippen LogP) is 2.22. The lowest BCUT2D eigenvalue weighted by atomic mass is 9.93. The topological polar surface area (TPSA) is 70.6 Å². The molecule has 2 amide bonds. The molecule has 1 rings (SSSR count). The Morgan fingerprint density at radius 3 is 2.42 bits per heavy atom. The minimum Gasteiger partial charge on any atom is -0.497 e. The maximum Gasteiger partial charge on any atom is 0.319 e. The van der Waals surface area contributed by atoms with Gasteiger partial charge in [-0.05, 0) is 37.1 Å². The molecule has 1 atom stereocenters. The highest BCUT2D eigenvalue weighted by atomic mass is 16.5. The van der Waals surface area contributed by atoms with Crippen LogP contribution in [0, 0.1) is 5.92 Å². The molecular formula is C14H22N2O3. The Labute approximate surface area is 114 Å². The van der Waals surface area contributed by atoms with Crippen molar-refractivity contribution >= 4 is 11.7 Å². The van der Waals surface area contributed by atoms with Crippen LogP contribution >= 0.6 is 0 Å². The molecule has 0 aromatic heterocycles. The van der Waals surface area contributed by atoms with Crippen molar-refractivity contribution in [3.63, 3.8) is 0 Å². The number of carbonyl (C=O) groups excluding carboxylic acids is 1. The van der Waals surface area contributed by atoms with E-state index >= 15 is 0 Å². The molecule has 0 fully saturated rings. The van der Waals surface area contributed by atoms with Crippen molar-refractivity contribution in [2.45, 2.75) is 26.4 Å². The van der Waals surface area contributed by atoms with Gasteiger partial charge in [0.25, 0.3) is 0 Å². The number of hydrogen-bond donors (Lipinski definition) is 3. The standard InChI is InChI=1S/C14H22N2O3/c1-10(2)14(3,18)9-15-13(17)16-11-5-7-12(19-4)8-6-11/h5-8,10,18H,9H2,1-4H3,(H2,15,16,17). The second-order valence-electron chi connectivity index (χ2n) is 5.05. The number of ether oxygens (including phenoxy) is 1. The third-order valence-corrected chi connectivity index (χ3v) is 3.20. The first kappa shape index (κ1) is 15.3. The summed E-state index contributed by atoms with van der Waals surface area (Å²) in [5.41, 5.74) is -0.250. The first-order valence-corrected chi connectivity index (χ1v) is 6.26. The molecule has 0 saturated carbocycles. The molecule has 3 N–H and O–H groups in total. The van der Waals surface area contributed by atoms with Gasteiger partial charge < -0.3 is 20.5 Å². The number of nitrogens with one attached hydrogen (secondary N) is 2. The fourth-order valence-corrected chi connectivity index (χ4v) is 1.31. The van der Waals surface area contributed by atoms with Crippen molar-refractivity contribution < 1.29 is 14.6 Å². The van der Waals surface area contributed by atoms with Crippen molar-refractivity contribution in [2.24, 2.45) is 5.92 Å². The lowest BCUT2D eigenvalue weighted by molar-refractivity contribution is 0.0170. The molecule has 0 aliphatic rings. The Morgan fingerprint density at radius 1 is 1.37 bits per heavy atom. The van der Waals surface area contributed by atoms with Crippen LogP contribution in [0.15, 0.2) is 24.3 Å². The van der Waals surface area contributed by atoms with E-state index in [2.05, 4.69) is 10.6 Å². The van der Waals surface area contributed by atoms with Crippen LogP contribution in [0.1, 0.15) is 20.8 Å². The van der Waals surface area contributed by atoms with Gasteiger partial charge in [-0.15, -0.1) is 0 Å². The zero-order chi connectivity index (χ0) is 14.5. The monoisotopic (exact) mass is 266 g/mol. The molecule has 19 heavy (non-hydrogen) atoms. The summed E-state index contributed by atoms with van der Waals surface area (Å²) in [7, 11) is 1.59. The van der Waals surface area contributed by atoms with E-state index in [4.69, 9.17) is 4.74 Å². The van der Waals surface area contributed by atoms with Crippen LogP contribution in [0.5, 0.6) is 5.75 Å². The summed E-state index contributed by atoms with van der Waals surface area (Å²) in [5, 5.41) is 15.4. The maximum absolute atomic E-state index is 11.7. The van der Waals surface area contributed by atoms with Crippen molar-refractivity contribution in [1.29, 1.82) is 0 Å². The fourth-order valence-electron chi connectivity index (χ4n) is 1.31. The number of urea groups is 1. The van der Waals surface area contributed by atoms with E-state index in [9.17, 15) is 9.90 Å². The smallest absolute Gasteiger partial charge is 0.319 e. The highest BCUT2D eigenvalue weighted by Gasteiger charge is 2.25. The SMILES string of the molecule is COc1ccc(NC(=O)NCC(C)(O)C(C)C)cc1. The number of aliphatic hydroxyl groups is 1. The average molecular weight is 266 g/mol. The van der Waals surface area contributed by atoms with Gasteiger partial charge in [0.2, 0.25) is 0 Å². The van der Waals surface area contributed by atoms with Crippen LogP contribution in [0.4, 0.5) is 10.5 Å². The lowest BCUT2D eigenvalue weighted by Gasteiger charge is -2.27. The van der Waals surface area contributed by atoms with Crippen LogP contribution in [-0.4, -0.2) is 30.4 Å². The molecule has 0 radical (unpaired) electrons. The number of benzene rings is 1. The van der Waals surface area contributed by atoms with Gasteiger partial charge in [0.15, 0.2) is 0 Å². The number of methoxy groups -OCH3 is 1. The van der Waals surface area contributed by atoms with E-state index in [0.717, 1.165) is 5.75 Å². The van der Waals surface area contributed by atoms with Gasteiger partial charge in [-0.2, -0.15) is 0 Å². The van der Waals surface area contributed by atoms with E-state index < -0.39 is 5.60 Å². The Bertz CT molecular complexity index is 413. The van der Waals surface area contributed by atoms with Gasteiger partial charge in [-0.3, -0.25) is 0 Å². The van der Waals surface area contributed by atoms with Gasteiger partial charge in [-0.1, -0.05) is 13.8 Å². The van der Waals surface area contributed by atoms with Gasteiger partial charge in [0, 0.05) is 12.2 Å². The Hall–Kier alpha value is -1.75. The molecule has 0 spiro atoms. The highest BCUT2D eigenvalue weighted by molar-refractivity contribution is 5.89. The first-order valence-electron chi connectivity index (χ1n) is 6.26. The van der Waals surface area contributed by atoms with E-state index in [1.807, 2.05) is 13.8 Å². The number of amides is 2. The summed E-state index contributed by atoms with van der Waals surface area (Å²) in [4.78, 5) is 11.7. The summed E-state index contributed by atoms with van der Waals surface area (Å²) >= 11 is 0. The zero-order valence-corrected chi connectivity index (χ0v) is 11.9. The first-order chi connectivity index (χ1) is 8.85. The largest absolute Gasteiger partial charge is 0.497 e. The number of hydrogen-bond acceptors (Lipinski definition) is 3. The van der Waals surface area contributed by atoms with Crippen molar-refractivity contribution in [3.05, 3.63) is 24.3 Å². The van der Waals surface area contributed by atoms with E-state index in [-0.39, 0.29) is 18.5 Å². The highest BCUT2D eigenvalue weighted by Crippen LogP contribution is 2.16. The van der Waals surface area contributed by atoms with Crippen LogP contribution < -0.4 is 15.4 Å². The fraction of sp³-hybridized carbons (Fsp3) is 0.500. The molecule has 0 bridgehead atoms. The molecule has 0 aliphatic carbocycles. The number of anilines is 1. The number of carbonyl (C=O) groups is 1. The molecule has 1 aromatic rings. The van der Waals surface area contributed by atoms with Gasteiger partial charge in [0.1, 0.15) is 5.75 Å². The summed E-state index contributed by atoms with van der Waals surface area (Å²) in [6.45, 7) is 5.71. The molecule has 5 heteroatoms. The number of rotatable bonds is 5. The third-order valence-electron chi connectivity index (χ3n) is 3.20. The van der Waals surface area contributed by atoms with Crippen LogP contribution in [-0.2, 0) is 0 Å². The molecule has 1 unspecified atom stereocenters. The predicted molar refractivity (Wildman–Crippen MR) is 75.5 cm³/mol. The summed E-state index contributed by atoms with van der Waals surface area (Å²) in [6, 6.07) is 6.68. The average Bonchev–Trinajstić information content (AvgIpc) is 2.37. The molecule has 0 heterocycles. The van der Waals surface area contributed by atoms with Crippen molar-refractivity contribution in [2.75, 3.05) is 19.0 Å².